The molecule has 0 bridgehead atoms. The highest BCUT2D eigenvalue weighted by atomic mass is 32.1. The highest BCUT2D eigenvalue weighted by Crippen LogP contribution is 1.49. The van der Waals surface area contributed by atoms with Gasteiger partial charge in [-0.2, -0.15) is 0 Å². The molecule has 0 atom stereocenters. The van der Waals surface area contributed by atoms with Gasteiger partial charge in [0.1, 0.15) is 0 Å². The topological polar surface area (TPSA) is 29.1 Å². The molecule has 7 heavy (non-hydrogen) atoms. The van der Waals surface area contributed by atoms with E-state index in [0.29, 0.717) is 6.54 Å². The lowest BCUT2D eigenvalue weighted by molar-refractivity contribution is 0.551. The third-order valence-electron chi connectivity index (χ3n) is 0.425. The summed E-state index contributed by atoms with van der Waals surface area (Å²) in [6, 6.07) is 0. The molecule has 0 fully saturated rings. The third kappa shape index (κ3) is 5.72. The van der Waals surface area contributed by atoms with Gasteiger partial charge in [-0.1, -0.05) is 12.2 Å². The molecule has 1 N–H and O–H groups in total. The molecule has 1 radical (unpaired) electrons. The van der Waals surface area contributed by atoms with Crippen LogP contribution in [0.15, 0.2) is 0 Å². The Kier molecular flexibility index (Phi) is 5.49. The van der Waals surface area contributed by atoms with Crippen molar-refractivity contribution in [2.24, 2.45) is 0 Å². The molecule has 0 aromatic heterocycles. The lowest BCUT2D eigenvalue weighted by Gasteiger charge is -1.85. The van der Waals surface area contributed by atoms with Gasteiger partial charge < -0.3 is 5.32 Å². The van der Waals surface area contributed by atoms with Crippen LogP contribution in [0.25, 0.3) is 0 Å². The van der Waals surface area contributed by atoms with Crippen LogP contribution in [-0.2, 0) is 4.79 Å². The van der Waals surface area contributed by atoms with Gasteiger partial charge >= 0.3 is 0 Å². The SMILES string of the molecule is O=[C]CNCC=S. The van der Waals surface area contributed by atoms with E-state index < -0.39 is 0 Å². The van der Waals surface area contributed by atoms with Gasteiger partial charge in [-0.3, -0.25) is 4.79 Å². The van der Waals surface area contributed by atoms with E-state index in [0.717, 1.165) is 0 Å². The largest absolute Gasteiger partial charge is 0.305 e. The average Bonchev–Trinajstić information content (AvgIpc) is 1.69. The van der Waals surface area contributed by atoms with Gasteiger partial charge in [0, 0.05) is 6.54 Å². The Hall–Kier alpha value is -0.280. The second-order valence-electron chi connectivity index (χ2n) is 0.942. The van der Waals surface area contributed by atoms with Gasteiger partial charge in [-0.25, -0.2) is 0 Å². The zero-order valence-corrected chi connectivity index (χ0v) is 4.62. The van der Waals surface area contributed by atoms with E-state index >= 15 is 0 Å². The Morgan fingerprint density at radius 1 is 1.86 bits per heavy atom. The predicted molar refractivity (Wildman–Crippen MR) is 32.2 cm³/mol. The maximum absolute atomic E-state index is 9.44. The molecule has 0 saturated heterocycles. The zero-order valence-electron chi connectivity index (χ0n) is 3.81. The monoisotopic (exact) mass is 116 g/mol. The van der Waals surface area contributed by atoms with E-state index in [1.807, 2.05) is 0 Å². The van der Waals surface area contributed by atoms with Gasteiger partial charge in [-0.05, 0) is 5.37 Å². The number of rotatable bonds is 4. The molecule has 0 rings (SSSR count). The van der Waals surface area contributed by atoms with Gasteiger partial charge in [0.25, 0.3) is 0 Å². The van der Waals surface area contributed by atoms with Crippen LogP contribution in [-0.4, -0.2) is 24.7 Å². The van der Waals surface area contributed by atoms with Crippen LogP contribution >= 0.6 is 12.2 Å². The first-order valence-corrected chi connectivity index (χ1v) is 2.38. The van der Waals surface area contributed by atoms with Crippen LogP contribution in [0, 0.1) is 0 Å². The maximum atomic E-state index is 9.44. The predicted octanol–water partition coefficient (Wildman–Crippen LogP) is -0.315. The summed E-state index contributed by atoms with van der Waals surface area (Å²) in [6.45, 7) is 0.873. The molecule has 39 valence electrons. The number of thiocarbonyl (C=S) groups is 1. The van der Waals surface area contributed by atoms with Gasteiger partial charge in [0.15, 0.2) is 0 Å². The standard InChI is InChI=1S/C4H6NOS/c6-3-1-5-2-4-7/h4-5H,1-2H2. The van der Waals surface area contributed by atoms with Crippen molar-refractivity contribution in [2.45, 2.75) is 0 Å². The summed E-state index contributed by atoms with van der Waals surface area (Å²) >= 11 is 4.45. The Bertz CT molecular complexity index is 56.7. The summed E-state index contributed by atoms with van der Waals surface area (Å²) in [5, 5.41) is 4.23. The summed E-state index contributed by atoms with van der Waals surface area (Å²) < 4.78 is 0. The van der Waals surface area contributed by atoms with E-state index in [1.54, 1.807) is 6.29 Å². The van der Waals surface area contributed by atoms with Crippen LogP contribution in [0.5, 0.6) is 0 Å². The Labute approximate surface area is 47.9 Å². The van der Waals surface area contributed by atoms with Crippen molar-refractivity contribution in [3.8, 4) is 0 Å². The van der Waals surface area contributed by atoms with Gasteiger partial charge in [0.05, 0.1) is 6.54 Å². The number of hydrogen-bond donors (Lipinski definition) is 1. The van der Waals surface area contributed by atoms with Crippen molar-refractivity contribution >= 4 is 23.9 Å². The van der Waals surface area contributed by atoms with Crippen molar-refractivity contribution in [3.63, 3.8) is 0 Å². The summed E-state index contributed by atoms with van der Waals surface area (Å²) in [5.41, 5.74) is 0. The molecular formula is C4H6NOS. The molecule has 2 nitrogen and oxygen atoms in total. The fraction of sp³-hybridized carbons (Fsp3) is 0.500. The van der Waals surface area contributed by atoms with Crippen molar-refractivity contribution in [1.29, 1.82) is 0 Å². The highest BCUT2D eigenvalue weighted by Gasteiger charge is 1.75. The third-order valence-corrected chi connectivity index (χ3v) is 0.592. The second kappa shape index (κ2) is 5.72. The van der Waals surface area contributed by atoms with Gasteiger partial charge in [0.2, 0.25) is 6.29 Å². The Morgan fingerprint density at radius 2 is 2.57 bits per heavy atom. The molecule has 0 saturated carbocycles. The number of hydrogen-bond acceptors (Lipinski definition) is 3. The molecule has 0 heterocycles. The van der Waals surface area contributed by atoms with E-state index in [4.69, 9.17) is 0 Å². The zero-order chi connectivity index (χ0) is 5.54. The van der Waals surface area contributed by atoms with E-state index in [9.17, 15) is 4.79 Å². The normalized spacial score (nSPS) is 8.00. The van der Waals surface area contributed by atoms with Crippen molar-refractivity contribution < 1.29 is 4.79 Å². The van der Waals surface area contributed by atoms with Crippen LogP contribution in [0.2, 0.25) is 0 Å². The minimum atomic E-state index is 0.271. The Balaban J connectivity index is 2.68. The molecule has 0 aromatic rings. The average molecular weight is 116 g/mol. The van der Waals surface area contributed by atoms with Crippen LogP contribution in [0.4, 0.5) is 0 Å². The van der Waals surface area contributed by atoms with Crippen molar-refractivity contribution in [2.75, 3.05) is 13.1 Å². The molecule has 0 spiro atoms. The lowest BCUT2D eigenvalue weighted by Crippen LogP contribution is -2.17. The van der Waals surface area contributed by atoms with Crippen LogP contribution in [0.3, 0.4) is 0 Å². The number of nitrogens with one attached hydrogen (secondary N) is 1. The minimum Gasteiger partial charge on any atom is -0.305 e. The summed E-state index contributed by atoms with van der Waals surface area (Å²) in [4.78, 5) is 9.44. The van der Waals surface area contributed by atoms with Crippen molar-refractivity contribution in [3.05, 3.63) is 0 Å². The molecule has 0 amide bonds. The molecular weight excluding hydrogens is 110 g/mol. The Morgan fingerprint density at radius 3 is 3.00 bits per heavy atom. The number of carbonyl (C=O) groups excluding carboxylic acids is 1. The fourth-order valence-corrected chi connectivity index (χ4v) is 0.300. The second-order valence-corrected chi connectivity index (χ2v) is 1.28. The van der Waals surface area contributed by atoms with E-state index in [2.05, 4.69) is 17.5 Å². The van der Waals surface area contributed by atoms with Crippen molar-refractivity contribution in [1.82, 2.24) is 5.32 Å². The maximum Gasteiger partial charge on any atom is 0.213 e. The molecule has 0 aliphatic carbocycles. The lowest BCUT2D eigenvalue weighted by atomic mass is 10.6. The molecule has 0 aliphatic heterocycles. The molecule has 0 aliphatic rings. The molecule has 0 aromatic carbocycles. The quantitative estimate of drug-likeness (QED) is 0.403. The van der Waals surface area contributed by atoms with Crippen LogP contribution in [0.1, 0.15) is 0 Å². The smallest absolute Gasteiger partial charge is 0.213 e. The summed E-state index contributed by atoms with van der Waals surface area (Å²) in [6.07, 6.45) is 1.68. The fourth-order valence-electron chi connectivity index (χ4n) is 0.182. The first kappa shape index (κ1) is 6.72. The highest BCUT2D eigenvalue weighted by molar-refractivity contribution is 7.79. The summed E-state index contributed by atoms with van der Waals surface area (Å²) in [7, 11) is 0. The van der Waals surface area contributed by atoms with E-state index in [1.165, 1.54) is 5.37 Å². The van der Waals surface area contributed by atoms with E-state index in [-0.39, 0.29) is 6.54 Å². The summed E-state index contributed by atoms with van der Waals surface area (Å²) in [5.74, 6) is 0. The molecule has 0 unspecified atom stereocenters. The first-order valence-electron chi connectivity index (χ1n) is 1.91. The van der Waals surface area contributed by atoms with Gasteiger partial charge in [-0.15, -0.1) is 0 Å². The minimum absolute atomic E-state index is 0.271. The molecule has 3 heteroatoms. The first-order chi connectivity index (χ1) is 3.41. The van der Waals surface area contributed by atoms with Crippen LogP contribution < -0.4 is 5.32 Å².